The summed E-state index contributed by atoms with van der Waals surface area (Å²) in [6.45, 7) is 3.33. The van der Waals surface area contributed by atoms with Crippen molar-refractivity contribution in [3.8, 4) is 0 Å². The van der Waals surface area contributed by atoms with Crippen molar-refractivity contribution in [3.63, 3.8) is 0 Å². The van der Waals surface area contributed by atoms with Gasteiger partial charge in [0, 0.05) is 31.9 Å². The molecule has 0 aliphatic rings. The van der Waals surface area contributed by atoms with Gasteiger partial charge >= 0.3 is 6.18 Å². The normalized spacial score (nSPS) is 11.9. The number of nitrogens with zero attached hydrogens (tertiary/aromatic N) is 2. The van der Waals surface area contributed by atoms with E-state index in [-0.39, 0.29) is 24.0 Å². The highest BCUT2D eigenvalue weighted by molar-refractivity contribution is 14.0. The SMILES string of the molecule is CCCNC(=NC)NCCc1nc(C(F)(F)F)cs1.I. The van der Waals surface area contributed by atoms with E-state index in [1.807, 2.05) is 6.92 Å². The van der Waals surface area contributed by atoms with E-state index in [1.54, 1.807) is 7.05 Å². The lowest BCUT2D eigenvalue weighted by Crippen LogP contribution is -2.38. The molecule has 1 aromatic heterocycles. The van der Waals surface area contributed by atoms with Gasteiger partial charge in [0.05, 0.1) is 5.01 Å². The quantitative estimate of drug-likeness (QED) is 0.436. The molecule has 0 aliphatic heterocycles. The smallest absolute Gasteiger partial charge is 0.356 e. The lowest BCUT2D eigenvalue weighted by Gasteiger charge is -2.10. The van der Waals surface area contributed by atoms with Crippen LogP contribution in [0.15, 0.2) is 10.4 Å². The number of halogens is 4. The van der Waals surface area contributed by atoms with Crippen molar-refractivity contribution in [1.82, 2.24) is 15.6 Å². The van der Waals surface area contributed by atoms with E-state index in [0.717, 1.165) is 29.7 Å². The molecular weight excluding hydrogens is 404 g/mol. The van der Waals surface area contributed by atoms with Gasteiger partial charge in [0.25, 0.3) is 0 Å². The minimum atomic E-state index is -4.36. The Kier molecular flexibility index (Phi) is 9.10. The minimum Gasteiger partial charge on any atom is -0.356 e. The fourth-order valence-corrected chi connectivity index (χ4v) is 2.11. The highest BCUT2D eigenvalue weighted by Gasteiger charge is 2.33. The Morgan fingerprint density at radius 2 is 2.00 bits per heavy atom. The number of nitrogens with one attached hydrogen (secondary N) is 2. The highest BCUT2D eigenvalue weighted by atomic mass is 127. The number of rotatable bonds is 5. The monoisotopic (exact) mass is 422 g/mol. The second-order valence-electron chi connectivity index (χ2n) is 3.80. The van der Waals surface area contributed by atoms with Gasteiger partial charge in [-0.05, 0) is 6.42 Å². The van der Waals surface area contributed by atoms with Crippen LogP contribution in [0.4, 0.5) is 13.2 Å². The van der Waals surface area contributed by atoms with Crippen LogP contribution in [0.1, 0.15) is 24.0 Å². The maximum absolute atomic E-state index is 12.3. The number of alkyl halides is 3. The van der Waals surface area contributed by atoms with Crippen LogP contribution in [-0.2, 0) is 12.6 Å². The number of hydrogen-bond acceptors (Lipinski definition) is 3. The first-order valence-electron chi connectivity index (χ1n) is 5.93. The molecule has 0 aliphatic carbocycles. The van der Waals surface area contributed by atoms with E-state index in [1.165, 1.54) is 0 Å². The number of guanidine groups is 1. The van der Waals surface area contributed by atoms with Crippen molar-refractivity contribution < 1.29 is 13.2 Å². The van der Waals surface area contributed by atoms with E-state index in [0.29, 0.717) is 23.9 Å². The molecule has 0 atom stereocenters. The molecule has 1 heterocycles. The molecule has 1 aromatic rings. The first-order valence-corrected chi connectivity index (χ1v) is 6.81. The fourth-order valence-electron chi connectivity index (χ4n) is 1.31. The first-order chi connectivity index (χ1) is 8.97. The lowest BCUT2D eigenvalue weighted by atomic mass is 10.4. The van der Waals surface area contributed by atoms with Gasteiger partial charge in [-0.25, -0.2) is 4.98 Å². The van der Waals surface area contributed by atoms with Gasteiger partial charge < -0.3 is 10.6 Å². The Balaban J connectivity index is 0.00000361. The van der Waals surface area contributed by atoms with Gasteiger partial charge in [-0.15, -0.1) is 35.3 Å². The molecular formula is C11H18F3IN4S. The zero-order valence-electron chi connectivity index (χ0n) is 11.3. The van der Waals surface area contributed by atoms with Gasteiger partial charge in [-0.1, -0.05) is 6.92 Å². The standard InChI is InChI=1S/C11H17F3N4S.HI/c1-3-5-16-10(15-2)17-6-4-9-18-8(7-19-9)11(12,13)14;/h7H,3-6H2,1-2H3,(H2,15,16,17);1H. The van der Waals surface area contributed by atoms with Crippen LogP contribution in [0.2, 0.25) is 0 Å². The molecule has 2 N–H and O–H groups in total. The largest absolute Gasteiger partial charge is 0.434 e. The summed E-state index contributed by atoms with van der Waals surface area (Å²) >= 11 is 1.02. The summed E-state index contributed by atoms with van der Waals surface area (Å²) in [4.78, 5) is 7.56. The summed E-state index contributed by atoms with van der Waals surface area (Å²) < 4.78 is 37.0. The first kappa shape index (κ1) is 19.4. The van der Waals surface area contributed by atoms with E-state index < -0.39 is 11.9 Å². The van der Waals surface area contributed by atoms with Gasteiger partial charge in [0.1, 0.15) is 0 Å². The van der Waals surface area contributed by atoms with Gasteiger partial charge in [0.2, 0.25) is 0 Å². The van der Waals surface area contributed by atoms with Crippen molar-refractivity contribution in [2.45, 2.75) is 25.9 Å². The predicted octanol–water partition coefficient (Wildman–Crippen LogP) is 2.90. The van der Waals surface area contributed by atoms with Crippen LogP contribution in [0.5, 0.6) is 0 Å². The molecule has 0 radical (unpaired) electrons. The second-order valence-corrected chi connectivity index (χ2v) is 4.74. The van der Waals surface area contributed by atoms with E-state index in [4.69, 9.17) is 0 Å². The third kappa shape index (κ3) is 6.73. The molecule has 0 spiro atoms. The predicted molar refractivity (Wildman–Crippen MR) is 85.9 cm³/mol. The number of aliphatic imine (C=N–C) groups is 1. The zero-order chi connectivity index (χ0) is 14.3. The molecule has 9 heteroatoms. The van der Waals surface area contributed by atoms with Gasteiger partial charge in [0.15, 0.2) is 11.7 Å². The van der Waals surface area contributed by atoms with Crippen LogP contribution in [0.25, 0.3) is 0 Å². The number of aromatic nitrogens is 1. The summed E-state index contributed by atoms with van der Waals surface area (Å²) in [5.41, 5.74) is -0.819. The topological polar surface area (TPSA) is 49.3 Å². The zero-order valence-corrected chi connectivity index (χ0v) is 14.4. The van der Waals surface area contributed by atoms with Crippen LogP contribution in [-0.4, -0.2) is 31.1 Å². The Morgan fingerprint density at radius 3 is 2.50 bits per heavy atom. The molecule has 20 heavy (non-hydrogen) atoms. The fraction of sp³-hybridized carbons (Fsp3) is 0.636. The summed E-state index contributed by atoms with van der Waals surface area (Å²) in [6, 6.07) is 0. The summed E-state index contributed by atoms with van der Waals surface area (Å²) in [7, 11) is 1.65. The molecule has 0 fully saturated rings. The van der Waals surface area contributed by atoms with Crippen molar-refractivity contribution in [2.75, 3.05) is 20.1 Å². The third-order valence-corrected chi connectivity index (χ3v) is 3.15. The summed E-state index contributed by atoms with van der Waals surface area (Å²) in [5, 5.41) is 7.61. The van der Waals surface area contributed by atoms with E-state index >= 15 is 0 Å². The van der Waals surface area contributed by atoms with E-state index in [9.17, 15) is 13.2 Å². The molecule has 0 saturated heterocycles. The molecule has 4 nitrogen and oxygen atoms in total. The molecule has 0 saturated carbocycles. The van der Waals surface area contributed by atoms with E-state index in [2.05, 4.69) is 20.6 Å². The third-order valence-electron chi connectivity index (χ3n) is 2.24. The molecule has 116 valence electrons. The minimum absolute atomic E-state index is 0. The Hall–Kier alpha value is -0.580. The van der Waals surface area contributed by atoms with Crippen LogP contribution < -0.4 is 10.6 Å². The maximum Gasteiger partial charge on any atom is 0.434 e. The molecule has 0 aromatic carbocycles. The second kappa shape index (κ2) is 9.37. The van der Waals surface area contributed by atoms with Crippen LogP contribution in [0.3, 0.4) is 0 Å². The van der Waals surface area contributed by atoms with Gasteiger partial charge in [-0.2, -0.15) is 13.2 Å². The Morgan fingerprint density at radius 1 is 1.35 bits per heavy atom. The summed E-state index contributed by atoms with van der Waals surface area (Å²) in [6.07, 6.45) is -2.95. The molecule has 1 rings (SSSR count). The molecule has 0 bridgehead atoms. The lowest BCUT2D eigenvalue weighted by molar-refractivity contribution is -0.140. The van der Waals surface area contributed by atoms with Crippen LogP contribution in [0, 0.1) is 0 Å². The summed E-state index contributed by atoms with van der Waals surface area (Å²) in [5.74, 6) is 0.648. The van der Waals surface area contributed by atoms with Crippen molar-refractivity contribution in [3.05, 3.63) is 16.1 Å². The van der Waals surface area contributed by atoms with Crippen molar-refractivity contribution in [2.24, 2.45) is 4.99 Å². The number of thiazole rings is 1. The number of hydrogen-bond donors (Lipinski definition) is 2. The molecule has 0 unspecified atom stereocenters. The Labute approximate surface area is 137 Å². The maximum atomic E-state index is 12.3. The van der Waals surface area contributed by atoms with Crippen molar-refractivity contribution in [1.29, 1.82) is 0 Å². The average molecular weight is 422 g/mol. The average Bonchev–Trinajstić information content (AvgIpc) is 2.82. The van der Waals surface area contributed by atoms with Crippen LogP contribution >= 0.6 is 35.3 Å². The molecule has 0 amide bonds. The van der Waals surface area contributed by atoms with Gasteiger partial charge in [-0.3, -0.25) is 4.99 Å². The van der Waals surface area contributed by atoms with Crippen molar-refractivity contribution >= 4 is 41.3 Å². The highest BCUT2D eigenvalue weighted by Crippen LogP contribution is 2.29. The Bertz CT molecular complexity index is 420.